The number of benzene rings is 2. The third kappa shape index (κ3) is 3.31. The zero-order chi connectivity index (χ0) is 13.0. The first-order valence-electron chi connectivity index (χ1n) is 5.45. The standard InChI is InChI=1S/C14H12F2OS/c15-12-5-6-14(13(16)7-12)18-9-11-3-1-10(8-17)2-4-11/h1-7,17H,8-9H2. The number of rotatable bonds is 4. The Balaban J connectivity index is 2.02. The minimum atomic E-state index is -0.566. The molecule has 4 heteroatoms. The second-order valence-corrected chi connectivity index (χ2v) is 4.86. The van der Waals surface area contributed by atoms with E-state index in [1.165, 1.54) is 23.9 Å². The molecule has 1 N–H and O–H groups in total. The van der Waals surface area contributed by atoms with Gasteiger partial charge in [0.25, 0.3) is 0 Å². The van der Waals surface area contributed by atoms with Crippen molar-refractivity contribution in [1.82, 2.24) is 0 Å². The maximum atomic E-state index is 13.4. The SMILES string of the molecule is OCc1ccc(CSc2ccc(F)cc2F)cc1. The molecule has 0 aliphatic heterocycles. The molecule has 0 atom stereocenters. The second kappa shape index (κ2) is 5.98. The van der Waals surface area contributed by atoms with E-state index in [0.29, 0.717) is 10.6 Å². The Morgan fingerprint density at radius 2 is 1.61 bits per heavy atom. The average Bonchev–Trinajstić information content (AvgIpc) is 2.38. The van der Waals surface area contributed by atoms with Gasteiger partial charge >= 0.3 is 0 Å². The van der Waals surface area contributed by atoms with Crippen LogP contribution in [-0.4, -0.2) is 5.11 Å². The highest BCUT2D eigenvalue weighted by molar-refractivity contribution is 7.98. The van der Waals surface area contributed by atoms with E-state index in [0.717, 1.165) is 17.2 Å². The first-order chi connectivity index (χ1) is 8.69. The number of halogens is 2. The van der Waals surface area contributed by atoms with Gasteiger partial charge in [0.2, 0.25) is 0 Å². The van der Waals surface area contributed by atoms with Crippen LogP contribution in [0, 0.1) is 11.6 Å². The first kappa shape index (κ1) is 13.1. The summed E-state index contributed by atoms with van der Waals surface area (Å²) in [7, 11) is 0. The van der Waals surface area contributed by atoms with Crippen molar-refractivity contribution in [1.29, 1.82) is 0 Å². The summed E-state index contributed by atoms with van der Waals surface area (Å²) in [5, 5.41) is 8.91. The molecular formula is C14H12F2OS. The third-order valence-electron chi connectivity index (χ3n) is 2.49. The van der Waals surface area contributed by atoms with Crippen molar-refractivity contribution in [3.05, 3.63) is 65.2 Å². The van der Waals surface area contributed by atoms with Crippen molar-refractivity contribution >= 4 is 11.8 Å². The van der Waals surface area contributed by atoms with E-state index in [-0.39, 0.29) is 6.61 Å². The van der Waals surface area contributed by atoms with Gasteiger partial charge < -0.3 is 5.11 Å². The predicted molar refractivity (Wildman–Crippen MR) is 68.3 cm³/mol. The first-order valence-corrected chi connectivity index (χ1v) is 6.44. The molecule has 94 valence electrons. The second-order valence-electron chi connectivity index (χ2n) is 3.84. The number of thioether (sulfide) groups is 1. The van der Waals surface area contributed by atoms with Crippen LogP contribution >= 0.6 is 11.8 Å². The van der Waals surface area contributed by atoms with Crippen molar-refractivity contribution < 1.29 is 13.9 Å². The zero-order valence-corrected chi connectivity index (χ0v) is 10.4. The van der Waals surface area contributed by atoms with Crippen LogP contribution in [0.3, 0.4) is 0 Å². The highest BCUT2D eigenvalue weighted by Crippen LogP contribution is 2.26. The number of hydrogen-bond donors (Lipinski definition) is 1. The molecule has 0 aliphatic carbocycles. The lowest BCUT2D eigenvalue weighted by molar-refractivity contribution is 0.282. The van der Waals surface area contributed by atoms with E-state index >= 15 is 0 Å². The Bertz CT molecular complexity index is 526. The van der Waals surface area contributed by atoms with E-state index in [9.17, 15) is 8.78 Å². The number of hydrogen-bond acceptors (Lipinski definition) is 2. The average molecular weight is 266 g/mol. The maximum absolute atomic E-state index is 13.4. The van der Waals surface area contributed by atoms with Crippen LogP contribution in [0.1, 0.15) is 11.1 Å². The Hall–Kier alpha value is -1.39. The van der Waals surface area contributed by atoms with Gasteiger partial charge in [0.05, 0.1) is 6.61 Å². The largest absolute Gasteiger partial charge is 0.392 e. The third-order valence-corrected chi connectivity index (χ3v) is 3.61. The topological polar surface area (TPSA) is 20.2 Å². The van der Waals surface area contributed by atoms with Crippen LogP contribution in [0.5, 0.6) is 0 Å². The number of aliphatic hydroxyl groups excluding tert-OH is 1. The molecule has 18 heavy (non-hydrogen) atoms. The molecule has 0 saturated heterocycles. The molecule has 0 radical (unpaired) electrons. The van der Waals surface area contributed by atoms with Crippen LogP contribution in [0.2, 0.25) is 0 Å². The molecule has 2 aromatic carbocycles. The van der Waals surface area contributed by atoms with Crippen molar-refractivity contribution in [2.24, 2.45) is 0 Å². The zero-order valence-electron chi connectivity index (χ0n) is 9.57. The van der Waals surface area contributed by atoms with E-state index in [2.05, 4.69) is 0 Å². The fourth-order valence-corrected chi connectivity index (χ4v) is 2.37. The van der Waals surface area contributed by atoms with Crippen molar-refractivity contribution in [3.63, 3.8) is 0 Å². The van der Waals surface area contributed by atoms with Crippen molar-refractivity contribution in [3.8, 4) is 0 Å². The van der Waals surface area contributed by atoms with Crippen molar-refractivity contribution in [2.75, 3.05) is 0 Å². The van der Waals surface area contributed by atoms with Crippen LogP contribution in [0.15, 0.2) is 47.4 Å². The molecule has 0 aliphatic rings. The van der Waals surface area contributed by atoms with Gasteiger partial charge in [-0.1, -0.05) is 24.3 Å². The monoisotopic (exact) mass is 266 g/mol. The van der Waals surface area contributed by atoms with Crippen LogP contribution < -0.4 is 0 Å². The molecule has 0 bridgehead atoms. The van der Waals surface area contributed by atoms with Crippen LogP contribution in [0.4, 0.5) is 8.78 Å². The normalized spacial score (nSPS) is 10.6. The van der Waals surface area contributed by atoms with Gasteiger partial charge in [-0.2, -0.15) is 0 Å². The minimum absolute atomic E-state index is 0.0139. The molecule has 2 aromatic rings. The van der Waals surface area contributed by atoms with Crippen LogP contribution in [0.25, 0.3) is 0 Å². The lowest BCUT2D eigenvalue weighted by atomic mass is 10.2. The highest BCUT2D eigenvalue weighted by Gasteiger charge is 2.04. The highest BCUT2D eigenvalue weighted by atomic mass is 32.2. The fraction of sp³-hybridized carbons (Fsp3) is 0.143. The predicted octanol–water partition coefficient (Wildman–Crippen LogP) is 3.75. The molecule has 0 spiro atoms. The Labute approximate surface area is 108 Å². The molecule has 0 unspecified atom stereocenters. The summed E-state index contributed by atoms with van der Waals surface area (Å²) in [6.45, 7) is 0.0139. The lowest BCUT2D eigenvalue weighted by Gasteiger charge is -2.04. The van der Waals surface area contributed by atoms with Gasteiger partial charge in [0, 0.05) is 16.7 Å². The van der Waals surface area contributed by atoms with Gasteiger partial charge in [-0.05, 0) is 23.3 Å². The summed E-state index contributed by atoms with van der Waals surface area (Å²) >= 11 is 1.32. The minimum Gasteiger partial charge on any atom is -0.392 e. The molecule has 0 fully saturated rings. The van der Waals surface area contributed by atoms with E-state index in [4.69, 9.17) is 5.11 Å². The molecule has 2 rings (SSSR count). The summed E-state index contributed by atoms with van der Waals surface area (Å²) < 4.78 is 26.1. The van der Waals surface area contributed by atoms with Gasteiger partial charge in [-0.15, -0.1) is 11.8 Å². The Morgan fingerprint density at radius 1 is 0.944 bits per heavy atom. The van der Waals surface area contributed by atoms with E-state index < -0.39 is 11.6 Å². The van der Waals surface area contributed by atoms with Crippen LogP contribution in [-0.2, 0) is 12.4 Å². The van der Waals surface area contributed by atoms with Gasteiger partial charge in [-0.3, -0.25) is 0 Å². The summed E-state index contributed by atoms with van der Waals surface area (Å²) in [4.78, 5) is 0.433. The molecule has 1 nitrogen and oxygen atoms in total. The van der Waals surface area contributed by atoms with E-state index in [1.54, 1.807) is 0 Å². The smallest absolute Gasteiger partial charge is 0.139 e. The van der Waals surface area contributed by atoms with E-state index in [1.807, 2.05) is 24.3 Å². The fourth-order valence-electron chi connectivity index (χ4n) is 1.49. The van der Waals surface area contributed by atoms with Gasteiger partial charge in [-0.25, -0.2) is 8.78 Å². The maximum Gasteiger partial charge on any atom is 0.139 e. The molecular weight excluding hydrogens is 254 g/mol. The molecule has 0 saturated carbocycles. The molecule has 0 amide bonds. The quantitative estimate of drug-likeness (QED) is 0.850. The summed E-state index contributed by atoms with van der Waals surface area (Å²) in [6, 6.07) is 11.0. The van der Waals surface area contributed by atoms with Gasteiger partial charge in [0.1, 0.15) is 11.6 Å². The summed E-state index contributed by atoms with van der Waals surface area (Å²) in [5.41, 5.74) is 1.87. The summed E-state index contributed by atoms with van der Waals surface area (Å²) in [5.74, 6) is -0.495. The Kier molecular flexibility index (Phi) is 4.33. The molecule has 0 aromatic heterocycles. The Morgan fingerprint density at radius 3 is 2.22 bits per heavy atom. The number of aliphatic hydroxyl groups is 1. The van der Waals surface area contributed by atoms with Crippen molar-refractivity contribution in [2.45, 2.75) is 17.3 Å². The molecule has 0 heterocycles. The summed E-state index contributed by atoms with van der Waals surface area (Å²) in [6.07, 6.45) is 0. The van der Waals surface area contributed by atoms with Gasteiger partial charge in [0.15, 0.2) is 0 Å². The lowest BCUT2D eigenvalue weighted by Crippen LogP contribution is -1.87.